The van der Waals surface area contributed by atoms with Crippen molar-refractivity contribution in [2.24, 2.45) is 5.41 Å². The Hall–Kier alpha value is -3.17. The van der Waals surface area contributed by atoms with Crippen molar-refractivity contribution in [3.63, 3.8) is 0 Å². The van der Waals surface area contributed by atoms with Crippen molar-refractivity contribution >= 4 is 17.5 Å². The summed E-state index contributed by atoms with van der Waals surface area (Å²) in [5.74, 6) is 0.217. The minimum absolute atomic E-state index is 0.0986. The molecule has 0 unspecified atom stereocenters. The number of alkyl halides is 3. The van der Waals surface area contributed by atoms with Crippen molar-refractivity contribution < 1.29 is 27.5 Å². The first-order chi connectivity index (χ1) is 14.9. The van der Waals surface area contributed by atoms with Crippen molar-refractivity contribution in [1.29, 1.82) is 0 Å². The molecule has 2 aromatic heterocycles. The van der Waals surface area contributed by atoms with Gasteiger partial charge in [-0.25, -0.2) is 14.8 Å². The molecule has 1 aliphatic rings. The molecule has 0 bridgehead atoms. The maximum absolute atomic E-state index is 13.2. The van der Waals surface area contributed by atoms with Crippen LogP contribution in [0, 0.1) is 5.41 Å². The molecule has 0 N–H and O–H groups in total. The number of carbonyl (C=O) groups excluding carboxylic acids is 2. The molecule has 3 rings (SSSR count). The Labute approximate surface area is 184 Å². The molecule has 0 aliphatic carbocycles. The molecule has 172 valence electrons. The standard InChI is InChI=1S/C22H25F3N4O3/c1-21(2,3)18-13-28(15-5-6-17(27-11-15)22(23,24)25)20(31)29(18)12-16(30)9-14-7-8-26-19(10-14)32-4/h5-8,10-11,18H,9,12-13H2,1-4H3/t18-/m1/s1. The predicted molar refractivity (Wildman–Crippen MR) is 111 cm³/mol. The first-order valence-corrected chi connectivity index (χ1v) is 10.0. The number of amides is 2. The minimum atomic E-state index is -4.56. The Bertz CT molecular complexity index is 987. The number of hydrogen-bond acceptors (Lipinski definition) is 5. The van der Waals surface area contributed by atoms with Crippen LogP contribution in [0.2, 0.25) is 0 Å². The molecule has 0 spiro atoms. The molecule has 0 aromatic carbocycles. The fourth-order valence-electron chi connectivity index (χ4n) is 3.63. The molecule has 0 radical (unpaired) electrons. The number of hydrogen-bond donors (Lipinski definition) is 0. The Morgan fingerprint density at radius 1 is 1.19 bits per heavy atom. The average Bonchev–Trinajstić information content (AvgIpc) is 3.04. The zero-order chi connectivity index (χ0) is 23.7. The molecule has 1 atom stereocenters. The first kappa shape index (κ1) is 23.5. The summed E-state index contributed by atoms with van der Waals surface area (Å²) in [5.41, 5.74) is -0.417. The normalized spacial score (nSPS) is 17.1. The highest BCUT2D eigenvalue weighted by Gasteiger charge is 2.44. The topological polar surface area (TPSA) is 75.6 Å². The minimum Gasteiger partial charge on any atom is -0.481 e. The van der Waals surface area contributed by atoms with Crippen LogP contribution in [-0.2, 0) is 17.4 Å². The Balaban J connectivity index is 1.79. The number of carbonyl (C=O) groups is 2. The summed E-state index contributed by atoms with van der Waals surface area (Å²) in [4.78, 5) is 36.2. The lowest BCUT2D eigenvalue weighted by Crippen LogP contribution is -2.45. The van der Waals surface area contributed by atoms with Gasteiger partial charge in [0, 0.05) is 25.2 Å². The maximum Gasteiger partial charge on any atom is 0.433 e. The van der Waals surface area contributed by atoms with Crippen molar-refractivity contribution in [2.45, 2.75) is 39.4 Å². The van der Waals surface area contributed by atoms with Gasteiger partial charge in [0.15, 0.2) is 5.78 Å². The van der Waals surface area contributed by atoms with Gasteiger partial charge in [-0.1, -0.05) is 20.8 Å². The highest BCUT2D eigenvalue weighted by Crippen LogP contribution is 2.34. The van der Waals surface area contributed by atoms with Gasteiger partial charge in [0.25, 0.3) is 0 Å². The zero-order valence-corrected chi connectivity index (χ0v) is 18.3. The third kappa shape index (κ3) is 5.17. The zero-order valence-electron chi connectivity index (χ0n) is 18.3. The molecule has 3 heterocycles. The van der Waals surface area contributed by atoms with Crippen LogP contribution in [0.5, 0.6) is 5.88 Å². The predicted octanol–water partition coefficient (Wildman–Crippen LogP) is 3.97. The Morgan fingerprint density at radius 2 is 1.91 bits per heavy atom. The lowest BCUT2D eigenvalue weighted by molar-refractivity contribution is -0.141. The van der Waals surface area contributed by atoms with Gasteiger partial charge in [0.05, 0.1) is 31.6 Å². The number of anilines is 1. The van der Waals surface area contributed by atoms with Gasteiger partial charge in [-0.15, -0.1) is 0 Å². The van der Waals surface area contributed by atoms with Crippen LogP contribution in [-0.4, -0.2) is 52.9 Å². The fourth-order valence-corrected chi connectivity index (χ4v) is 3.63. The van der Waals surface area contributed by atoms with Gasteiger partial charge in [-0.3, -0.25) is 9.69 Å². The third-order valence-electron chi connectivity index (χ3n) is 5.31. The quantitative estimate of drug-likeness (QED) is 0.666. The van der Waals surface area contributed by atoms with E-state index in [1.54, 1.807) is 18.3 Å². The molecule has 32 heavy (non-hydrogen) atoms. The number of nitrogens with zero attached hydrogens (tertiary/aromatic N) is 4. The molecule has 10 heteroatoms. The van der Waals surface area contributed by atoms with Crippen molar-refractivity contribution in [3.8, 4) is 5.88 Å². The van der Waals surface area contributed by atoms with E-state index in [0.717, 1.165) is 12.3 Å². The fraction of sp³-hybridized carbons (Fsp3) is 0.455. The summed E-state index contributed by atoms with van der Waals surface area (Å²) in [5, 5.41) is 0. The largest absolute Gasteiger partial charge is 0.481 e. The first-order valence-electron chi connectivity index (χ1n) is 10.0. The average molecular weight is 450 g/mol. The molecule has 2 aromatic rings. The van der Waals surface area contributed by atoms with E-state index in [4.69, 9.17) is 4.74 Å². The highest BCUT2D eigenvalue weighted by atomic mass is 19.4. The summed E-state index contributed by atoms with van der Waals surface area (Å²) in [6, 6.07) is 4.68. The van der Waals surface area contributed by atoms with Gasteiger partial charge in [0.2, 0.25) is 5.88 Å². The summed E-state index contributed by atoms with van der Waals surface area (Å²) in [6.07, 6.45) is -1.88. The number of Topliss-reactive ketones (excluding diaryl/α,β-unsaturated/α-hetero) is 1. The van der Waals surface area contributed by atoms with Gasteiger partial charge >= 0.3 is 12.2 Å². The second-order valence-electron chi connectivity index (χ2n) is 8.72. The van der Waals surface area contributed by atoms with E-state index in [9.17, 15) is 22.8 Å². The van der Waals surface area contributed by atoms with Gasteiger partial charge in [0.1, 0.15) is 5.69 Å². The summed E-state index contributed by atoms with van der Waals surface area (Å²) < 4.78 is 43.5. The summed E-state index contributed by atoms with van der Waals surface area (Å²) >= 11 is 0. The van der Waals surface area contributed by atoms with Gasteiger partial charge in [-0.2, -0.15) is 13.2 Å². The molecule has 1 aliphatic heterocycles. The lowest BCUT2D eigenvalue weighted by atomic mass is 9.86. The smallest absolute Gasteiger partial charge is 0.433 e. The maximum atomic E-state index is 13.2. The molecular weight excluding hydrogens is 425 g/mol. The van der Waals surface area contributed by atoms with Crippen LogP contribution in [0.3, 0.4) is 0 Å². The van der Waals surface area contributed by atoms with Gasteiger partial charge < -0.3 is 9.64 Å². The van der Waals surface area contributed by atoms with E-state index in [0.29, 0.717) is 11.4 Å². The van der Waals surface area contributed by atoms with E-state index < -0.39 is 17.9 Å². The molecule has 1 fully saturated rings. The van der Waals surface area contributed by atoms with E-state index in [1.807, 2.05) is 20.8 Å². The van der Waals surface area contributed by atoms with Crippen LogP contribution in [0.25, 0.3) is 0 Å². The number of rotatable bonds is 6. The van der Waals surface area contributed by atoms with Crippen LogP contribution < -0.4 is 9.64 Å². The number of ether oxygens (including phenoxy) is 1. The van der Waals surface area contributed by atoms with Crippen molar-refractivity contribution in [3.05, 3.63) is 47.9 Å². The molecule has 2 amide bonds. The van der Waals surface area contributed by atoms with Crippen molar-refractivity contribution in [1.82, 2.24) is 14.9 Å². The second kappa shape index (κ2) is 8.76. The molecule has 0 saturated carbocycles. The number of urea groups is 1. The van der Waals surface area contributed by atoms with Crippen LogP contribution in [0.4, 0.5) is 23.7 Å². The number of methoxy groups -OCH3 is 1. The Morgan fingerprint density at radius 3 is 2.47 bits per heavy atom. The van der Waals surface area contributed by atoms with E-state index in [-0.39, 0.29) is 42.4 Å². The van der Waals surface area contributed by atoms with Crippen LogP contribution in [0.15, 0.2) is 36.7 Å². The SMILES string of the molecule is COc1cc(CC(=O)CN2C(=O)N(c3ccc(C(F)(F)F)nc3)C[C@@H]2C(C)(C)C)ccn1. The Kier molecular flexibility index (Phi) is 6.43. The van der Waals surface area contributed by atoms with E-state index in [1.165, 1.54) is 23.0 Å². The monoisotopic (exact) mass is 450 g/mol. The second-order valence-corrected chi connectivity index (χ2v) is 8.72. The number of pyridine rings is 2. The molecular formula is C22H25F3N4O3. The molecule has 7 nitrogen and oxygen atoms in total. The lowest BCUT2D eigenvalue weighted by Gasteiger charge is -2.33. The van der Waals surface area contributed by atoms with Crippen LogP contribution in [0.1, 0.15) is 32.0 Å². The van der Waals surface area contributed by atoms with Gasteiger partial charge in [-0.05, 0) is 29.2 Å². The van der Waals surface area contributed by atoms with E-state index >= 15 is 0 Å². The summed E-state index contributed by atoms with van der Waals surface area (Å²) in [6.45, 7) is 5.97. The number of aromatic nitrogens is 2. The third-order valence-corrected chi connectivity index (χ3v) is 5.31. The van der Waals surface area contributed by atoms with E-state index in [2.05, 4.69) is 9.97 Å². The highest BCUT2D eigenvalue weighted by molar-refractivity contribution is 5.97. The number of halogens is 3. The molecule has 1 saturated heterocycles. The number of ketones is 1. The van der Waals surface area contributed by atoms with Crippen LogP contribution >= 0.6 is 0 Å². The van der Waals surface area contributed by atoms with Crippen molar-refractivity contribution in [2.75, 3.05) is 25.1 Å². The summed E-state index contributed by atoms with van der Waals surface area (Å²) in [7, 11) is 1.48.